The molecule has 0 aromatic carbocycles. The molecule has 0 amide bonds. The van der Waals surface area contributed by atoms with Gasteiger partial charge in [0.05, 0.1) is 17.7 Å². The quantitative estimate of drug-likeness (QED) is 0.0331. The maximum Gasteiger partial charge on any atom is 0.518 e. The van der Waals surface area contributed by atoms with E-state index in [1.54, 1.807) is 49.8 Å². The Bertz CT molecular complexity index is 1430. The maximum atomic E-state index is 9.36. The summed E-state index contributed by atoms with van der Waals surface area (Å²) in [6, 6.07) is 4.52. The van der Waals surface area contributed by atoms with E-state index in [4.69, 9.17) is 85.0 Å². The standard InChI is InChI=1S/C18H37NO3Si.C18H40O3Si.C16H31Cl2NOSi.C16H34Cl2OSi/c1-5-6-7-8-9-10-11-12-13-14-15-16-18(17-19)23(20-2,21-3)22-4;1-6-7-8-9-10-11-12-13-14-15-16-17-18(2)22(19-3,20-4)21-5;1-3-4-5-6-7-8-9-10-11-12-13-14-16(15-19)21(17,18)20-2;1-4-5-6-7-8-9-10-11-12-13-14-15-16(2)20(17,18)19-3/h18H,5-16H2,1-4H3;18H,6-17H2,1-5H3;16H,3-14H2,1-2H3;16H,4-15H2,1-3H3. The summed E-state index contributed by atoms with van der Waals surface area (Å²) in [6.45, 7) is 8.12. The number of rotatable bonds is 60. The number of unbranched alkanes of at least 4 members (excludes halogenated alkanes) is 40. The van der Waals surface area contributed by atoms with Crippen LogP contribution >= 0.6 is 44.3 Å². The lowest BCUT2D eigenvalue weighted by molar-refractivity contribution is 0.111. The van der Waals surface area contributed by atoms with Crippen LogP contribution in [0.5, 0.6) is 0 Å². The third-order valence-electron chi connectivity index (χ3n) is 17.2. The molecule has 516 valence electrons. The number of nitrogens with zero attached hydrogens (tertiary/aromatic N) is 2. The fourth-order valence-corrected chi connectivity index (χ4v) is 19.0. The Morgan fingerprint density at radius 1 is 0.256 bits per heavy atom. The molecule has 0 heterocycles. The van der Waals surface area contributed by atoms with Gasteiger partial charge < -0.3 is 35.4 Å². The van der Waals surface area contributed by atoms with Gasteiger partial charge in [0.2, 0.25) is 0 Å². The van der Waals surface area contributed by atoms with E-state index in [1.165, 1.54) is 270 Å². The molecule has 4 atom stereocenters. The van der Waals surface area contributed by atoms with E-state index in [0.717, 1.165) is 44.9 Å². The number of halogens is 4. The van der Waals surface area contributed by atoms with Gasteiger partial charge in [-0.05, 0) is 25.7 Å². The summed E-state index contributed by atoms with van der Waals surface area (Å²) in [4.78, 5) is 0. The third-order valence-corrected chi connectivity index (χ3v) is 32.8. The second-order valence-electron chi connectivity index (χ2n) is 24.4. The van der Waals surface area contributed by atoms with Crippen molar-refractivity contribution < 1.29 is 35.4 Å². The van der Waals surface area contributed by atoms with Crippen LogP contribution in [0.1, 0.15) is 350 Å². The van der Waals surface area contributed by atoms with Crippen molar-refractivity contribution in [2.24, 2.45) is 0 Å². The van der Waals surface area contributed by atoms with Crippen molar-refractivity contribution >= 4 is 75.8 Å². The summed E-state index contributed by atoms with van der Waals surface area (Å²) in [5, 5.41) is 18.5. The first kappa shape index (κ1) is 93.1. The zero-order valence-corrected chi connectivity index (χ0v) is 65.9. The molecule has 0 radical (unpaired) electrons. The molecule has 0 aromatic heterocycles. The average Bonchev–Trinajstić information content (AvgIpc) is 3.43. The minimum Gasteiger partial charge on any atom is -0.395 e. The van der Waals surface area contributed by atoms with E-state index < -0.39 is 31.5 Å². The van der Waals surface area contributed by atoms with Crippen LogP contribution in [-0.2, 0) is 35.4 Å². The Morgan fingerprint density at radius 2 is 0.453 bits per heavy atom. The van der Waals surface area contributed by atoms with Crippen molar-refractivity contribution in [1.29, 1.82) is 10.5 Å². The van der Waals surface area contributed by atoms with Gasteiger partial charge in [-0.2, -0.15) is 10.5 Å². The van der Waals surface area contributed by atoms with Gasteiger partial charge in [0, 0.05) is 68.0 Å². The Balaban J connectivity index is -0.000000522. The van der Waals surface area contributed by atoms with E-state index in [2.05, 4.69) is 53.7 Å². The molecular weight excluding hydrogens is 1230 g/mol. The molecule has 0 aliphatic rings. The molecule has 0 aliphatic heterocycles. The van der Waals surface area contributed by atoms with Gasteiger partial charge in [0.15, 0.2) is 0 Å². The lowest BCUT2D eigenvalue weighted by Gasteiger charge is -2.30. The third kappa shape index (κ3) is 54.1. The molecule has 0 fully saturated rings. The average molecular weight is 1370 g/mol. The summed E-state index contributed by atoms with van der Waals surface area (Å²) in [7, 11) is 7.74. The summed E-state index contributed by atoms with van der Waals surface area (Å²) in [5.41, 5.74) is 0.130. The van der Waals surface area contributed by atoms with E-state index in [-0.39, 0.29) is 11.1 Å². The van der Waals surface area contributed by atoms with Crippen LogP contribution in [-0.4, -0.2) is 88.4 Å². The minimum absolute atomic E-state index is 0.263. The zero-order valence-electron chi connectivity index (χ0n) is 58.9. The van der Waals surface area contributed by atoms with Crippen molar-refractivity contribution in [1.82, 2.24) is 0 Å². The molecule has 10 nitrogen and oxygen atoms in total. The molecule has 0 saturated carbocycles. The van der Waals surface area contributed by atoms with Crippen LogP contribution in [0.25, 0.3) is 0 Å². The van der Waals surface area contributed by atoms with Crippen molar-refractivity contribution in [2.45, 2.75) is 372 Å². The van der Waals surface area contributed by atoms with Crippen LogP contribution < -0.4 is 0 Å². The monoisotopic (exact) mass is 1370 g/mol. The van der Waals surface area contributed by atoms with Crippen LogP contribution in [0.2, 0.25) is 22.2 Å². The van der Waals surface area contributed by atoms with E-state index in [0.29, 0.717) is 11.1 Å². The second-order valence-corrected chi connectivity index (χ2v) is 43.6. The zero-order chi connectivity index (χ0) is 65.3. The first-order valence-electron chi connectivity index (χ1n) is 35.5. The van der Waals surface area contributed by atoms with Gasteiger partial charge in [-0.3, -0.25) is 0 Å². The van der Waals surface area contributed by atoms with Gasteiger partial charge in [0.25, 0.3) is 0 Å². The van der Waals surface area contributed by atoms with Crippen molar-refractivity contribution in [2.75, 3.05) is 56.9 Å². The summed E-state index contributed by atoms with van der Waals surface area (Å²) < 4.78 is 43.2. The fraction of sp³-hybridized carbons (Fsp3) is 0.971. The van der Waals surface area contributed by atoms with E-state index >= 15 is 0 Å². The molecule has 0 aliphatic carbocycles. The molecule has 0 bridgehead atoms. The molecule has 0 rings (SSSR count). The number of hydrogen-bond acceptors (Lipinski definition) is 10. The van der Waals surface area contributed by atoms with Crippen LogP contribution in [0, 0.1) is 22.7 Å². The molecule has 0 spiro atoms. The summed E-state index contributed by atoms with van der Waals surface area (Å²) >= 11 is 24.5. The lowest BCUT2D eigenvalue weighted by atomic mass is 10.0. The lowest BCUT2D eigenvalue weighted by Crippen LogP contribution is -2.47. The highest BCUT2D eigenvalue weighted by molar-refractivity contribution is 7.43. The Kier molecular flexibility index (Phi) is 74.2. The molecule has 86 heavy (non-hydrogen) atoms. The molecule has 0 saturated heterocycles. The highest BCUT2D eigenvalue weighted by Crippen LogP contribution is 2.36. The molecule has 0 aromatic rings. The SMILES string of the molecule is CCCCCCCCCCCCCC(C#N)[Si](Cl)(Cl)OC.CCCCCCCCCCCCCC(C#N)[Si](OC)(OC)OC.CCCCCCCCCCCCCC(C)[Si](Cl)(Cl)OC.CCCCCCCCCCCCCC(C)[Si](OC)(OC)OC. The fourth-order valence-electron chi connectivity index (χ4n) is 11.1. The number of hydrogen-bond donors (Lipinski definition) is 0. The predicted molar refractivity (Wildman–Crippen MR) is 384 cm³/mol. The van der Waals surface area contributed by atoms with E-state index in [9.17, 15) is 5.26 Å². The Hall–Kier alpha value is 0.688. The van der Waals surface area contributed by atoms with Crippen LogP contribution in [0.3, 0.4) is 0 Å². The molecule has 4 unspecified atom stereocenters. The van der Waals surface area contributed by atoms with Crippen LogP contribution in [0.15, 0.2) is 0 Å². The van der Waals surface area contributed by atoms with Gasteiger partial charge in [-0.25, -0.2) is 0 Å². The Labute approximate surface area is 558 Å². The first-order valence-corrected chi connectivity index (χ1v) is 47.1. The largest absolute Gasteiger partial charge is 0.518 e. The first-order chi connectivity index (χ1) is 41.5. The molecule has 0 N–H and O–H groups in total. The predicted octanol–water partition coefficient (Wildman–Crippen LogP) is 25.2. The summed E-state index contributed by atoms with van der Waals surface area (Å²) in [5.74, 6) is 0. The van der Waals surface area contributed by atoms with Crippen LogP contribution in [0.4, 0.5) is 0 Å². The molecular formula is C68H142Cl4N2O8Si4. The summed E-state index contributed by atoms with van der Waals surface area (Å²) in [6.07, 6.45) is 62.9. The Morgan fingerprint density at radius 3 is 0.663 bits per heavy atom. The highest BCUT2D eigenvalue weighted by atomic mass is 35.7. The van der Waals surface area contributed by atoms with Crippen molar-refractivity contribution in [3.63, 3.8) is 0 Å². The topological polar surface area (TPSA) is 121 Å². The van der Waals surface area contributed by atoms with Gasteiger partial charge in [-0.15, -0.1) is 44.3 Å². The van der Waals surface area contributed by atoms with Gasteiger partial charge >= 0.3 is 31.5 Å². The van der Waals surface area contributed by atoms with Crippen molar-refractivity contribution in [3.8, 4) is 12.1 Å². The number of nitriles is 2. The van der Waals surface area contributed by atoms with Crippen molar-refractivity contribution in [3.05, 3.63) is 0 Å². The minimum atomic E-state index is -2.82. The second kappa shape index (κ2) is 68.5. The van der Waals surface area contributed by atoms with E-state index in [1.807, 2.05) is 0 Å². The highest BCUT2D eigenvalue weighted by Gasteiger charge is 2.47. The molecule has 18 heteroatoms. The smallest absolute Gasteiger partial charge is 0.395 e. The van der Waals surface area contributed by atoms with Gasteiger partial charge in [0.1, 0.15) is 5.54 Å². The van der Waals surface area contributed by atoms with Gasteiger partial charge in [-0.1, -0.05) is 324 Å². The normalized spacial score (nSPS) is 13.3. The maximum absolute atomic E-state index is 9.36.